The zero-order valence-corrected chi connectivity index (χ0v) is 9.54. The van der Waals surface area contributed by atoms with Crippen LogP contribution < -0.4 is 10.5 Å². The zero-order chi connectivity index (χ0) is 13.0. The van der Waals surface area contributed by atoms with Gasteiger partial charge >= 0.3 is 5.97 Å². The Morgan fingerprint density at radius 1 is 1.28 bits per heavy atom. The molecule has 5 heteroatoms. The predicted octanol–water partition coefficient (Wildman–Crippen LogP) is 1.94. The summed E-state index contributed by atoms with van der Waals surface area (Å²) in [4.78, 5) is 15.0. The van der Waals surface area contributed by atoms with Crippen LogP contribution in [0.2, 0.25) is 0 Å². The van der Waals surface area contributed by atoms with Crippen molar-refractivity contribution in [2.24, 2.45) is 0 Å². The highest BCUT2D eigenvalue weighted by atomic mass is 16.5. The monoisotopic (exact) mass is 244 g/mol. The first-order chi connectivity index (χ1) is 8.68. The van der Waals surface area contributed by atoms with Gasteiger partial charge < -0.3 is 15.6 Å². The Morgan fingerprint density at radius 2 is 2.00 bits per heavy atom. The normalized spacial score (nSPS) is 10.0. The van der Waals surface area contributed by atoms with E-state index in [9.17, 15) is 4.79 Å². The summed E-state index contributed by atoms with van der Waals surface area (Å²) in [5.74, 6) is -0.836. The number of pyridine rings is 1. The summed E-state index contributed by atoms with van der Waals surface area (Å²) in [5, 5.41) is 9.07. The second-order valence-corrected chi connectivity index (χ2v) is 3.67. The highest BCUT2D eigenvalue weighted by Gasteiger charge is 2.14. The summed E-state index contributed by atoms with van der Waals surface area (Å²) >= 11 is 0. The summed E-state index contributed by atoms with van der Waals surface area (Å²) in [5.41, 5.74) is 6.71. The van der Waals surface area contributed by atoms with E-state index in [1.807, 2.05) is 0 Å². The van der Waals surface area contributed by atoms with Crippen LogP contribution in [0, 0.1) is 0 Å². The Labute approximate surface area is 104 Å². The highest BCUT2D eigenvalue weighted by molar-refractivity contribution is 5.96. The predicted molar refractivity (Wildman–Crippen MR) is 66.4 cm³/mol. The molecule has 1 heterocycles. The smallest absolute Gasteiger partial charge is 0.341 e. The molecule has 18 heavy (non-hydrogen) atoms. The lowest BCUT2D eigenvalue weighted by Gasteiger charge is -2.10. The van der Waals surface area contributed by atoms with Gasteiger partial charge in [0.25, 0.3) is 0 Å². The van der Waals surface area contributed by atoms with Crippen molar-refractivity contribution >= 4 is 11.7 Å². The van der Waals surface area contributed by atoms with Crippen molar-refractivity contribution in [1.29, 1.82) is 0 Å². The topological polar surface area (TPSA) is 85.4 Å². The van der Waals surface area contributed by atoms with Crippen LogP contribution in [0.5, 0.6) is 5.75 Å². The third kappa shape index (κ3) is 2.57. The van der Waals surface area contributed by atoms with Gasteiger partial charge in [0.15, 0.2) is 0 Å². The summed E-state index contributed by atoms with van der Waals surface area (Å²) in [6, 6.07) is 8.37. The molecule has 0 aliphatic carbocycles. The van der Waals surface area contributed by atoms with E-state index in [2.05, 4.69) is 4.98 Å². The fourth-order valence-corrected chi connectivity index (χ4v) is 1.54. The Bertz CT molecular complexity index is 555. The Balaban J connectivity index is 2.20. The number of carboxylic acids is 1. The molecular weight excluding hydrogens is 232 g/mol. The van der Waals surface area contributed by atoms with Gasteiger partial charge in [-0.3, -0.25) is 4.98 Å². The maximum Gasteiger partial charge on any atom is 0.341 e. The van der Waals surface area contributed by atoms with Crippen LogP contribution in [0.4, 0.5) is 5.69 Å². The first kappa shape index (κ1) is 11.9. The molecule has 0 amide bonds. The van der Waals surface area contributed by atoms with Crippen LogP contribution in [-0.2, 0) is 6.61 Å². The minimum atomic E-state index is -1.10. The quantitative estimate of drug-likeness (QED) is 0.803. The van der Waals surface area contributed by atoms with Gasteiger partial charge in [-0.15, -0.1) is 0 Å². The van der Waals surface area contributed by atoms with Gasteiger partial charge in [-0.05, 0) is 29.8 Å². The molecule has 1 aromatic carbocycles. The molecule has 92 valence electrons. The van der Waals surface area contributed by atoms with E-state index in [1.54, 1.807) is 36.7 Å². The van der Waals surface area contributed by atoms with Crippen molar-refractivity contribution in [3.8, 4) is 5.75 Å². The van der Waals surface area contributed by atoms with Gasteiger partial charge in [0.1, 0.15) is 17.9 Å². The number of ether oxygens (including phenoxy) is 1. The first-order valence-electron chi connectivity index (χ1n) is 5.32. The molecule has 2 rings (SSSR count). The number of carbonyl (C=O) groups is 1. The van der Waals surface area contributed by atoms with Crippen molar-refractivity contribution in [1.82, 2.24) is 4.98 Å². The zero-order valence-electron chi connectivity index (χ0n) is 9.54. The first-order valence-corrected chi connectivity index (χ1v) is 5.32. The van der Waals surface area contributed by atoms with E-state index >= 15 is 0 Å². The average molecular weight is 244 g/mol. The number of nitrogens with two attached hydrogens (primary N) is 1. The number of benzene rings is 1. The van der Waals surface area contributed by atoms with Crippen LogP contribution in [0.3, 0.4) is 0 Å². The van der Waals surface area contributed by atoms with E-state index < -0.39 is 5.97 Å². The van der Waals surface area contributed by atoms with Gasteiger partial charge in [0.2, 0.25) is 0 Å². The second kappa shape index (κ2) is 5.18. The molecule has 0 atom stereocenters. The molecule has 3 N–H and O–H groups in total. The molecule has 0 unspecified atom stereocenters. The third-order valence-electron chi connectivity index (χ3n) is 2.42. The van der Waals surface area contributed by atoms with E-state index in [4.69, 9.17) is 15.6 Å². The average Bonchev–Trinajstić information content (AvgIpc) is 2.37. The lowest BCUT2D eigenvalue weighted by atomic mass is 10.1. The lowest BCUT2D eigenvalue weighted by molar-refractivity contribution is 0.0693. The lowest BCUT2D eigenvalue weighted by Crippen LogP contribution is -2.06. The minimum Gasteiger partial charge on any atom is -0.488 e. The highest BCUT2D eigenvalue weighted by Crippen LogP contribution is 2.25. The summed E-state index contributed by atoms with van der Waals surface area (Å²) < 4.78 is 5.48. The Hall–Kier alpha value is -2.56. The number of hydrogen-bond donors (Lipinski definition) is 2. The summed E-state index contributed by atoms with van der Waals surface area (Å²) in [7, 11) is 0. The van der Waals surface area contributed by atoms with Gasteiger partial charge in [-0.2, -0.15) is 0 Å². The molecule has 2 aromatic rings. The molecule has 5 nitrogen and oxygen atoms in total. The number of nitrogen functional groups attached to an aromatic ring is 1. The van der Waals surface area contributed by atoms with Gasteiger partial charge in [0.05, 0.1) is 0 Å². The Morgan fingerprint density at radius 3 is 2.67 bits per heavy atom. The van der Waals surface area contributed by atoms with Crippen molar-refractivity contribution < 1.29 is 14.6 Å². The van der Waals surface area contributed by atoms with Crippen molar-refractivity contribution in [2.75, 3.05) is 5.73 Å². The van der Waals surface area contributed by atoms with Crippen molar-refractivity contribution in [3.63, 3.8) is 0 Å². The summed E-state index contributed by atoms with van der Waals surface area (Å²) in [6.45, 7) is 0.270. The molecule has 0 bridgehead atoms. The molecule has 0 aliphatic rings. The molecule has 0 saturated heterocycles. The molecule has 0 radical (unpaired) electrons. The van der Waals surface area contributed by atoms with E-state index in [-0.39, 0.29) is 23.6 Å². The van der Waals surface area contributed by atoms with Crippen LogP contribution in [-0.4, -0.2) is 16.1 Å². The van der Waals surface area contributed by atoms with E-state index in [1.165, 1.54) is 6.07 Å². The molecular formula is C13H12N2O3. The van der Waals surface area contributed by atoms with Crippen molar-refractivity contribution in [2.45, 2.75) is 6.61 Å². The standard InChI is InChI=1S/C13H12N2O3/c14-10-2-1-3-11(12(10)13(16)17)18-8-9-4-6-15-7-5-9/h1-7H,8,14H2,(H,16,17). The Kier molecular flexibility index (Phi) is 3.43. The number of anilines is 1. The number of aromatic carboxylic acids is 1. The minimum absolute atomic E-state index is 0.00782. The number of hydrogen-bond acceptors (Lipinski definition) is 4. The largest absolute Gasteiger partial charge is 0.488 e. The fourth-order valence-electron chi connectivity index (χ4n) is 1.54. The molecule has 0 spiro atoms. The fraction of sp³-hybridized carbons (Fsp3) is 0.0769. The van der Waals surface area contributed by atoms with Crippen LogP contribution >= 0.6 is 0 Å². The van der Waals surface area contributed by atoms with Gasteiger partial charge in [-0.25, -0.2) is 4.79 Å². The van der Waals surface area contributed by atoms with Crippen LogP contribution in [0.15, 0.2) is 42.7 Å². The maximum atomic E-state index is 11.1. The molecule has 1 aromatic heterocycles. The number of aromatic nitrogens is 1. The van der Waals surface area contributed by atoms with Crippen LogP contribution in [0.25, 0.3) is 0 Å². The number of carboxylic acid groups (broad SMARTS) is 1. The van der Waals surface area contributed by atoms with Crippen molar-refractivity contribution in [3.05, 3.63) is 53.9 Å². The third-order valence-corrected chi connectivity index (χ3v) is 2.42. The SMILES string of the molecule is Nc1cccc(OCc2ccncc2)c1C(=O)O. The second-order valence-electron chi connectivity index (χ2n) is 3.67. The number of nitrogens with zero attached hydrogens (tertiary/aromatic N) is 1. The van der Waals surface area contributed by atoms with Crippen LogP contribution in [0.1, 0.15) is 15.9 Å². The van der Waals surface area contributed by atoms with Gasteiger partial charge in [-0.1, -0.05) is 6.07 Å². The number of rotatable bonds is 4. The van der Waals surface area contributed by atoms with E-state index in [0.29, 0.717) is 0 Å². The summed E-state index contributed by atoms with van der Waals surface area (Å²) in [6.07, 6.45) is 3.30. The van der Waals surface area contributed by atoms with Gasteiger partial charge in [0, 0.05) is 18.1 Å². The molecule has 0 saturated carbocycles. The maximum absolute atomic E-state index is 11.1. The molecule has 0 fully saturated rings. The van der Waals surface area contributed by atoms with E-state index in [0.717, 1.165) is 5.56 Å². The molecule has 0 aliphatic heterocycles.